The first-order valence-electron chi connectivity index (χ1n) is 8.51. The van der Waals surface area contributed by atoms with Gasteiger partial charge in [-0.2, -0.15) is 0 Å². The number of benzene rings is 2. The van der Waals surface area contributed by atoms with E-state index in [4.69, 9.17) is 9.47 Å². The zero-order valence-electron chi connectivity index (χ0n) is 14.5. The molecule has 0 saturated heterocycles. The number of ether oxygens (including phenoxy) is 2. The molecule has 7 heteroatoms. The minimum Gasteiger partial charge on any atom is -0.486 e. The van der Waals surface area contributed by atoms with E-state index < -0.39 is 10.0 Å². The van der Waals surface area contributed by atoms with Crippen molar-refractivity contribution in [3.63, 3.8) is 0 Å². The summed E-state index contributed by atoms with van der Waals surface area (Å²) in [6, 6.07) is 17.3. The summed E-state index contributed by atoms with van der Waals surface area (Å²) in [5.74, 6) is 0.996. The zero-order chi connectivity index (χ0) is 18.7. The van der Waals surface area contributed by atoms with E-state index in [0.29, 0.717) is 30.4 Å². The Hall–Kier alpha value is -3.06. The molecular formula is C20H18N2O4S. The van der Waals surface area contributed by atoms with Gasteiger partial charge in [-0.15, -0.1) is 0 Å². The van der Waals surface area contributed by atoms with Crippen LogP contribution in [-0.4, -0.2) is 26.6 Å². The minimum absolute atomic E-state index is 0.152. The highest BCUT2D eigenvalue weighted by molar-refractivity contribution is 7.92. The summed E-state index contributed by atoms with van der Waals surface area (Å²) in [5.41, 5.74) is 1.37. The Balaban J connectivity index is 1.76. The number of sulfonamides is 1. The summed E-state index contributed by atoms with van der Waals surface area (Å²) in [5, 5.41) is 0. The van der Waals surface area contributed by atoms with Gasteiger partial charge in [0.1, 0.15) is 13.2 Å². The van der Waals surface area contributed by atoms with Crippen LogP contribution in [0.4, 0.5) is 5.69 Å². The lowest BCUT2D eigenvalue weighted by atomic mass is 10.2. The highest BCUT2D eigenvalue weighted by Gasteiger charge is 2.27. The Kier molecular flexibility index (Phi) is 4.68. The lowest BCUT2D eigenvalue weighted by Crippen LogP contribution is -2.30. The van der Waals surface area contributed by atoms with E-state index >= 15 is 0 Å². The fourth-order valence-corrected chi connectivity index (χ4v) is 4.35. The van der Waals surface area contributed by atoms with Gasteiger partial charge in [-0.05, 0) is 35.9 Å². The highest BCUT2D eigenvalue weighted by Crippen LogP contribution is 2.34. The molecule has 1 aliphatic heterocycles. The lowest BCUT2D eigenvalue weighted by molar-refractivity contribution is 0.171. The zero-order valence-corrected chi connectivity index (χ0v) is 15.3. The average molecular weight is 382 g/mol. The van der Waals surface area contributed by atoms with Crippen molar-refractivity contribution in [1.29, 1.82) is 0 Å². The molecule has 0 unspecified atom stereocenters. The number of pyridine rings is 1. The molecule has 138 valence electrons. The number of hydrogen-bond donors (Lipinski definition) is 0. The standard InChI is InChI=1S/C20H18N2O4S/c23-27(24,18-8-9-19-20(13-18)26-12-11-25-19)22(17-6-2-1-3-7-17)15-16-5-4-10-21-14-16/h1-10,13-14H,11-12,15H2. The SMILES string of the molecule is O=S(=O)(c1ccc2c(c1)OCCO2)N(Cc1cccnc1)c1ccccc1. The van der Waals surface area contributed by atoms with Crippen molar-refractivity contribution in [2.75, 3.05) is 17.5 Å². The second-order valence-electron chi connectivity index (χ2n) is 6.01. The van der Waals surface area contributed by atoms with Gasteiger partial charge in [0.25, 0.3) is 10.0 Å². The molecule has 27 heavy (non-hydrogen) atoms. The van der Waals surface area contributed by atoms with E-state index in [2.05, 4.69) is 4.98 Å². The number of rotatable bonds is 5. The van der Waals surface area contributed by atoms with Crippen LogP contribution in [0.15, 0.2) is 78.0 Å². The highest BCUT2D eigenvalue weighted by atomic mass is 32.2. The second-order valence-corrected chi connectivity index (χ2v) is 7.88. The van der Waals surface area contributed by atoms with Gasteiger partial charge in [0.15, 0.2) is 11.5 Å². The minimum atomic E-state index is -3.82. The first-order valence-corrected chi connectivity index (χ1v) is 9.95. The summed E-state index contributed by atoms with van der Waals surface area (Å²) < 4.78 is 39.3. The maximum atomic E-state index is 13.4. The van der Waals surface area contributed by atoms with Gasteiger partial charge in [0.05, 0.1) is 17.1 Å². The molecule has 0 aliphatic carbocycles. The first kappa shape index (κ1) is 17.4. The third-order valence-corrected chi connectivity index (χ3v) is 5.96. The molecule has 4 rings (SSSR count). The van der Waals surface area contributed by atoms with Gasteiger partial charge < -0.3 is 9.47 Å². The van der Waals surface area contributed by atoms with E-state index in [1.54, 1.807) is 42.7 Å². The van der Waals surface area contributed by atoms with Crippen LogP contribution in [0.5, 0.6) is 11.5 Å². The number of anilines is 1. The van der Waals surface area contributed by atoms with Crippen molar-refractivity contribution in [3.05, 3.63) is 78.6 Å². The van der Waals surface area contributed by atoms with Crippen molar-refractivity contribution in [3.8, 4) is 11.5 Å². The molecule has 6 nitrogen and oxygen atoms in total. The molecule has 0 fully saturated rings. The van der Waals surface area contributed by atoms with Crippen LogP contribution < -0.4 is 13.8 Å². The number of fused-ring (bicyclic) bond motifs is 1. The Morgan fingerprint density at radius 2 is 1.70 bits per heavy atom. The number of para-hydroxylation sites is 1. The van der Waals surface area contributed by atoms with Gasteiger partial charge in [-0.1, -0.05) is 24.3 Å². The molecule has 3 aromatic rings. The summed E-state index contributed by atoms with van der Waals surface area (Å²) in [7, 11) is -3.82. The number of hydrogen-bond acceptors (Lipinski definition) is 5. The van der Waals surface area contributed by atoms with Crippen molar-refractivity contribution < 1.29 is 17.9 Å². The molecule has 0 amide bonds. The molecule has 2 aromatic carbocycles. The van der Waals surface area contributed by atoms with Crippen LogP contribution >= 0.6 is 0 Å². The quantitative estimate of drug-likeness (QED) is 0.678. The Morgan fingerprint density at radius 1 is 0.926 bits per heavy atom. The van der Waals surface area contributed by atoms with Crippen molar-refractivity contribution in [2.24, 2.45) is 0 Å². The Labute approximate surface area is 158 Å². The van der Waals surface area contributed by atoms with E-state index in [9.17, 15) is 8.42 Å². The summed E-state index contributed by atoms with van der Waals surface area (Å²) in [6.07, 6.45) is 3.32. The van der Waals surface area contributed by atoms with Crippen molar-refractivity contribution in [1.82, 2.24) is 4.98 Å². The summed E-state index contributed by atoms with van der Waals surface area (Å²) in [4.78, 5) is 4.24. The van der Waals surface area contributed by atoms with E-state index in [-0.39, 0.29) is 11.4 Å². The first-order chi connectivity index (χ1) is 13.1. The van der Waals surface area contributed by atoms with Gasteiger partial charge in [-0.3, -0.25) is 9.29 Å². The number of nitrogens with zero attached hydrogens (tertiary/aromatic N) is 2. The van der Waals surface area contributed by atoms with Crippen LogP contribution in [0.3, 0.4) is 0 Å². The smallest absolute Gasteiger partial charge is 0.264 e. The average Bonchev–Trinajstić information content (AvgIpc) is 2.73. The molecule has 0 spiro atoms. The molecule has 2 heterocycles. The van der Waals surface area contributed by atoms with Crippen LogP contribution in [0, 0.1) is 0 Å². The maximum absolute atomic E-state index is 13.4. The molecule has 0 atom stereocenters. The lowest BCUT2D eigenvalue weighted by Gasteiger charge is -2.25. The number of aromatic nitrogens is 1. The Bertz CT molecular complexity index is 1020. The van der Waals surface area contributed by atoms with Crippen molar-refractivity contribution in [2.45, 2.75) is 11.4 Å². The van der Waals surface area contributed by atoms with Gasteiger partial charge >= 0.3 is 0 Å². The fourth-order valence-electron chi connectivity index (χ4n) is 2.88. The van der Waals surface area contributed by atoms with E-state index in [0.717, 1.165) is 5.56 Å². The largest absolute Gasteiger partial charge is 0.486 e. The van der Waals surface area contributed by atoms with Crippen LogP contribution in [-0.2, 0) is 16.6 Å². The topological polar surface area (TPSA) is 68.7 Å². The van der Waals surface area contributed by atoms with Crippen LogP contribution in [0.25, 0.3) is 0 Å². The van der Waals surface area contributed by atoms with E-state index in [1.807, 2.05) is 24.3 Å². The molecular weight excluding hydrogens is 364 g/mol. The molecule has 1 aliphatic rings. The molecule has 0 saturated carbocycles. The summed E-state index contributed by atoms with van der Waals surface area (Å²) >= 11 is 0. The summed E-state index contributed by atoms with van der Waals surface area (Å²) in [6.45, 7) is 1.03. The van der Waals surface area contributed by atoms with Gasteiger partial charge in [0, 0.05) is 18.5 Å². The maximum Gasteiger partial charge on any atom is 0.264 e. The molecule has 0 radical (unpaired) electrons. The predicted octanol–water partition coefficient (Wildman–Crippen LogP) is 3.25. The fraction of sp³-hybridized carbons (Fsp3) is 0.150. The van der Waals surface area contributed by atoms with E-state index in [1.165, 1.54) is 10.4 Å². The van der Waals surface area contributed by atoms with Gasteiger partial charge in [-0.25, -0.2) is 8.42 Å². The molecule has 1 aromatic heterocycles. The second kappa shape index (κ2) is 7.28. The van der Waals surface area contributed by atoms with Crippen LogP contribution in [0.2, 0.25) is 0 Å². The molecule has 0 N–H and O–H groups in total. The Morgan fingerprint density at radius 3 is 2.44 bits per heavy atom. The van der Waals surface area contributed by atoms with Crippen molar-refractivity contribution >= 4 is 15.7 Å². The van der Waals surface area contributed by atoms with Gasteiger partial charge in [0.2, 0.25) is 0 Å². The predicted molar refractivity (Wildman–Crippen MR) is 101 cm³/mol. The normalized spacial score (nSPS) is 13.2. The third kappa shape index (κ3) is 3.59. The molecule has 0 bridgehead atoms. The monoisotopic (exact) mass is 382 g/mol. The van der Waals surface area contributed by atoms with Crippen LogP contribution in [0.1, 0.15) is 5.56 Å². The third-order valence-electron chi connectivity index (χ3n) is 4.19.